The first-order valence-corrected chi connectivity index (χ1v) is 7.42. The molecule has 1 amide bonds. The minimum Gasteiger partial charge on any atom is -0.481 e. The van der Waals surface area contributed by atoms with E-state index in [2.05, 4.69) is 5.32 Å². The van der Waals surface area contributed by atoms with Crippen LogP contribution in [0, 0.1) is 23.2 Å². The van der Waals surface area contributed by atoms with Gasteiger partial charge >= 0.3 is 5.97 Å². The van der Waals surface area contributed by atoms with Crippen LogP contribution in [0.1, 0.15) is 47.0 Å². The quantitative estimate of drug-likeness (QED) is 0.715. The highest BCUT2D eigenvalue weighted by Gasteiger charge is 2.46. The van der Waals surface area contributed by atoms with Crippen molar-refractivity contribution >= 4 is 11.9 Å². The van der Waals surface area contributed by atoms with E-state index < -0.39 is 5.97 Å². The van der Waals surface area contributed by atoms with Crippen molar-refractivity contribution in [2.45, 2.75) is 53.0 Å². The molecular formula is C15H28N2O3. The van der Waals surface area contributed by atoms with Gasteiger partial charge in [0.05, 0.1) is 5.92 Å². The molecule has 0 spiro atoms. The molecular weight excluding hydrogens is 256 g/mol. The molecule has 0 bridgehead atoms. The summed E-state index contributed by atoms with van der Waals surface area (Å²) in [5.41, 5.74) is 5.21. The topological polar surface area (TPSA) is 92.4 Å². The Morgan fingerprint density at radius 2 is 2.00 bits per heavy atom. The molecule has 1 saturated carbocycles. The number of carboxylic acid groups (broad SMARTS) is 1. The van der Waals surface area contributed by atoms with Crippen LogP contribution in [0.15, 0.2) is 0 Å². The molecule has 1 fully saturated rings. The van der Waals surface area contributed by atoms with Crippen LogP contribution in [0.3, 0.4) is 0 Å². The maximum absolute atomic E-state index is 12.0. The van der Waals surface area contributed by atoms with E-state index in [1.165, 1.54) is 0 Å². The molecule has 4 N–H and O–H groups in total. The first-order valence-electron chi connectivity index (χ1n) is 7.42. The zero-order valence-corrected chi connectivity index (χ0v) is 13.0. The van der Waals surface area contributed by atoms with Crippen molar-refractivity contribution < 1.29 is 14.7 Å². The number of aliphatic carboxylic acids is 1. The van der Waals surface area contributed by atoms with Crippen LogP contribution in [-0.4, -0.2) is 29.6 Å². The van der Waals surface area contributed by atoms with Crippen molar-refractivity contribution in [1.82, 2.24) is 5.32 Å². The highest BCUT2D eigenvalue weighted by Crippen LogP contribution is 2.45. The van der Waals surface area contributed by atoms with Gasteiger partial charge in [-0.05, 0) is 36.6 Å². The number of amides is 1. The van der Waals surface area contributed by atoms with Crippen LogP contribution in [0.4, 0.5) is 0 Å². The van der Waals surface area contributed by atoms with Gasteiger partial charge in [0.15, 0.2) is 0 Å². The smallest absolute Gasteiger partial charge is 0.307 e. The van der Waals surface area contributed by atoms with Gasteiger partial charge in [0, 0.05) is 12.5 Å². The Labute approximate surface area is 121 Å². The molecule has 5 heteroatoms. The fraction of sp³-hybridized carbons (Fsp3) is 0.867. The molecule has 0 aromatic rings. The molecule has 1 aliphatic carbocycles. The lowest BCUT2D eigenvalue weighted by atomic mass is 9.61. The number of carboxylic acids is 1. The number of hydrogen-bond acceptors (Lipinski definition) is 3. The van der Waals surface area contributed by atoms with Crippen molar-refractivity contribution in [3.8, 4) is 0 Å². The summed E-state index contributed by atoms with van der Waals surface area (Å²) in [5.74, 6) is -0.746. The van der Waals surface area contributed by atoms with E-state index in [9.17, 15) is 14.7 Å². The molecule has 1 rings (SSSR count). The fourth-order valence-electron chi connectivity index (χ4n) is 3.11. The first kappa shape index (κ1) is 17.0. The molecule has 0 radical (unpaired) electrons. The Morgan fingerprint density at radius 3 is 2.50 bits per heavy atom. The Morgan fingerprint density at radius 1 is 1.40 bits per heavy atom. The van der Waals surface area contributed by atoms with Gasteiger partial charge in [-0.15, -0.1) is 0 Å². The van der Waals surface area contributed by atoms with Crippen molar-refractivity contribution in [3.05, 3.63) is 0 Å². The second-order valence-electron chi connectivity index (χ2n) is 6.80. The Bertz CT molecular complexity index is 368. The SMILES string of the molecule is CC(CN)CC(=O)NC1CCC(C(=O)O)C(C)(C)C1C. The summed E-state index contributed by atoms with van der Waals surface area (Å²) < 4.78 is 0. The van der Waals surface area contributed by atoms with Crippen LogP contribution < -0.4 is 11.1 Å². The summed E-state index contributed by atoms with van der Waals surface area (Å²) in [6.07, 6.45) is 1.77. The number of rotatable bonds is 5. The summed E-state index contributed by atoms with van der Waals surface area (Å²) in [4.78, 5) is 23.3. The summed E-state index contributed by atoms with van der Waals surface area (Å²) >= 11 is 0. The van der Waals surface area contributed by atoms with Crippen molar-refractivity contribution in [2.75, 3.05) is 6.54 Å². The molecule has 5 nitrogen and oxygen atoms in total. The summed E-state index contributed by atoms with van der Waals surface area (Å²) in [6.45, 7) is 8.45. The second-order valence-corrected chi connectivity index (χ2v) is 6.80. The number of nitrogens with one attached hydrogen (secondary N) is 1. The van der Waals surface area contributed by atoms with E-state index in [0.717, 1.165) is 6.42 Å². The third-order valence-electron chi connectivity index (χ3n) is 5.02. The standard InChI is InChI=1S/C15H28N2O3/c1-9(8-16)7-13(18)17-12-6-5-11(14(19)20)15(3,4)10(12)2/h9-12H,5-8,16H2,1-4H3,(H,17,18)(H,19,20). The van der Waals surface area contributed by atoms with E-state index in [1.54, 1.807) is 0 Å². The highest BCUT2D eigenvalue weighted by molar-refractivity contribution is 5.76. The Kier molecular flexibility index (Phi) is 5.57. The summed E-state index contributed by atoms with van der Waals surface area (Å²) in [7, 11) is 0. The van der Waals surface area contributed by atoms with Crippen LogP contribution >= 0.6 is 0 Å². The van der Waals surface area contributed by atoms with Crippen LogP contribution in [0.5, 0.6) is 0 Å². The van der Waals surface area contributed by atoms with Gasteiger partial charge < -0.3 is 16.2 Å². The lowest BCUT2D eigenvalue weighted by molar-refractivity contribution is -0.150. The lowest BCUT2D eigenvalue weighted by Crippen LogP contribution is -2.52. The molecule has 4 atom stereocenters. The molecule has 0 aromatic heterocycles. The maximum atomic E-state index is 12.0. The largest absolute Gasteiger partial charge is 0.481 e. The van der Waals surface area contributed by atoms with E-state index in [1.807, 2.05) is 27.7 Å². The summed E-state index contributed by atoms with van der Waals surface area (Å²) in [6, 6.07) is 0.0538. The van der Waals surface area contributed by atoms with Gasteiger partial charge in [0.25, 0.3) is 0 Å². The Balaban J connectivity index is 2.66. The molecule has 0 saturated heterocycles. The second kappa shape index (κ2) is 6.57. The highest BCUT2D eigenvalue weighted by atomic mass is 16.4. The van der Waals surface area contributed by atoms with Crippen molar-refractivity contribution in [2.24, 2.45) is 28.9 Å². The van der Waals surface area contributed by atoms with Gasteiger partial charge in [-0.25, -0.2) is 0 Å². The molecule has 0 aliphatic heterocycles. The van der Waals surface area contributed by atoms with Crippen LogP contribution in [0.25, 0.3) is 0 Å². The maximum Gasteiger partial charge on any atom is 0.307 e. The third kappa shape index (κ3) is 3.72. The van der Waals surface area contributed by atoms with E-state index in [4.69, 9.17) is 5.73 Å². The minimum absolute atomic E-state index is 0.0179. The lowest BCUT2D eigenvalue weighted by Gasteiger charge is -2.46. The number of nitrogens with two attached hydrogens (primary N) is 1. The molecule has 116 valence electrons. The third-order valence-corrected chi connectivity index (χ3v) is 5.02. The normalized spacial score (nSPS) is 30.6. The van der Waals surface area contributed by atoms with Gasteiger partial charge in [0.1, 0.15) is 0 Å². The average Bonchev–Trinajstić information content (AvgIpc) is 2.34. The van der Waals surface area contributed by atoms with Gasteiger partial charge in [-0.1, -0.05) is 27.7 Å². The number of carbonyl (C=O) groups excluding carboxylic acids is 1. The minimum atomic E-state index is -0.733. The average molecular weight is 284 g/mol. The monoisotopic (exact) mass is 284 g/mol. The van der Waals surface area contributed by atoms with Gasteiger partial charge in [-0.2, -0.15) is 0 Å². The molecule has 1 aliphatic rings. The van der Waals surface area contributed by atoms with E-state index >= 15 is 0 Å². The molecule has 4 unspecified atom stereocenters. The van der Waals surface area contributed by atoms with Crippen molar-refractivity contribution in [1.29, 1.82) is 0 Å². The first-order chi connectivity index (χ1) is 9.20. The Hall–Kier alpha value is -1.10. The number of carbonyl (C=O) groups is 2. The van der Waals surface area contributed by atoms with E-state index in [0.29, 0.717) is 19.4 Å². The van der Waals surface area contributed by atoms with Crippen LogP contribution in [0.2, 0.25) is 0 Å². The predicted molar refractivity (Wildman–Crippen MR) is 78.1 cm³/mol. The molecule has 20 heavy (non-hydrogen) atoms. The molecule has 0 aromatic carbocycles. The number of hydrogen-bond donors (Lipinski definition) is 3. The predicted octanol–water partition coefficient (Wildman–Crippen LogP) is 1.61. The van der Waals surface area contributed by atoms with Crippen molar-refractivity contribution in [3.63, 3.8) is 0 Å². The summed E-state index contributed by atoms with van der Waals surface area (Å²) in [5, 5.41) is 12.4. The zero-order chi connectivity index (χ0) is 15.5. The van der Waals surface area contributed by atoms with Crippen LogP contribution in [-0.2, 0) is 9.59 Å². The fourth-order valence-corrected chi connectivity index (χ4v) is 3.11. The molecule has 0 heterocycles. The van der Waals surface area contributed by atoms with Gasteiger partial charge in [0.2, 0.25) is 5.91 Å². The van der Waals surface area contributed by atoms with Gasteiger partial charge in [-0.3, -0.25) is 9.59 Å². The zero-order valence-electron chi connectivity index (χ0n) is 13.0. The van der Waals surface area contributed by atoms with E-state index in [-0.39, 0.29) is 35.1 Å².